The van der Waals surface area contributed by atoms with Gasteiger partial charge in [-0.15, -0.1) is 11.3 Å². The summed E-state index contributed by atoms with van der Waals surface area (Å²) in [5.74, 6) is -0.488. The molecule has 3 nitrogen and oxygen atoms in total. The third-order valence-electron chi connectivity index (χ3n) is 3.09. The van der Waals surface area contributed by atoms with Crippen LogP contribution in [-0.2, 0) is 4.79 Å². The fraction of sp³-hybridized carbons (Fsp3) is 0. The SMILES string of the molecule is O=C(/C=C/c1ccc(-c2ccccc2F)s1)Nc1cccnc1. The number of aromatic nitrogens is 1. The molecule has 0 spiro atoms. The van der Waals surface area contributed by atoms with E-state index in [-0.39, 0.29) is 11.7 Å². The second-order valence-corrected chi connectivity index (χ2v) is 5.86. The largest absolute Gasteiger partial charge is 0.321 e. The van der Waals surface area contributed by atoms with E-state index in [0.29, 0.717) is 11.3 Å². The molecule has 0 unspecified atom stereocenters. The number of pyridine rings is 1. The quantitative estimate of drug-likeness (QED) is 0.713. The number of rotatable bonds is 4. The molecule has 2 heterocycles. The van der Waals surface area contributed by atoms with Gasteiger partial charge in [-0.3, -0.25) is 9.78 Å². The minimum atomic E-state index is -0.251. The van der Waals surface area contributed by atoms with Crippen LogP contribution in [-0.4, -0.2) is 10.9 Å². The molecular formula is C18H13FN2OS. The van der Waals surface area contributed by atoms with Gasteiger partial charge in [-0.05, 0) is 36.4 Å². The normalized spacial score (nSPS) is 10.8. The molecule has 3 aromatic rings. The van der Waals surface area contributed by atoms with Gasteiger partial charge in [0.05, 0.1) is 11.9 Å². The molecule has 1 aromatic carbocycles. The topological polar surface area (TPSA) is 42.0 Å². The fourth-order valence-electron chi connectivity index (χ4n) is 2.03. The number of nitrogens with zero attached hydrogens (tertiary/aromatic N) is 1. The number of hydrogen-bond donors (Lipinski definition) is 1. The predicted octanol–water partition coefficient (Wildman–Crippen LogP) is 4.60. The minimum absolute atomic E-state index is 0.237. The molecule has 0 aliphatic rings. The van der Waals surface area contributed by atoms with Crippen molar-refractivity contribution in [1.29, 1.82) is 0 Å². The Kier molecular flexibility index (Phi) is 4.59. The Balaban J connectivity index is 1.69. The maximum absolute atomic E-state index is 13.8. The van der Waals surface area contributed by atoms with Crippen molar-refractivity contribution in [2.24, 2.45) is 0 Å². The molecule has 0 saturated heterocycles. The standard InChI is InChI=1S/C18H13FN2OS/c19-16-6-2-1-5-15(16)17-9-7-14(23-17)8-10-18(22)21-13-4-3-11-20-12-13/h1-12H,(H,21,22)/b10-8+. The Labute approximate surface area is 137 Å². The van der Waals surface area contributed by atoms with Gasteiger partial charge < -0.3 is 5.32 Å². The molecule has 0 saturated carbocycles. The highest BCUT2D eigenvalue weighted by Crippen LogP contribution is 2.30. The molecule has 0 atom stereocenters. The molecule has 1 N–H and O–H groups in total. The summed E-state index contributed by atoms with van der Waals surface area (Å²) in [5, 5.41) is 2.72. The molecule has 114 valence electrons. The zero-order valence-corrected chi connectivity index (χ0v) is 12.9. The summed E-state index contributed by atoms with van der Waals surface area (Å²) in [6.45, 7) is 0. The van der Waals surface area contributed by atoms with E-state index in [2.05, 4.69) is 10.3 Å². The first kappa shape index (κ1) is 15.1. The summed E-state index contributed by atoms with van der Waals surface area (Å²) in [6, 6.07) is 13.9. The van der Waals surface area contributed by atoms with Gasteiger partial charge in [0, 0.05) is 27.6 Å². The molecule has 0 fully saturated rings. The van der Waals surface area contributed by atoms with E-state index in [1.165, 1.54) is 23.5 Å². The first-order chi connectivity index (χ1) is 11.2. The summed E-state index contributed by atoms with van der Waals surface area (Å²) in [7, 11) is 0. The Hall–Kier alpha value is -2.79. The van der Waals surface area contributed by atoms with Gasteiger partial charge >= 0.3 is 0 Å². The van der Waals surface area contributed by atoms with E-state index in [4.69, 9.17) is 0 Å². The van der Waals surface area contributed by atoms with Crippen molar-refractivity contribution in [1.82, 2.24) is 4.98 Å². The van der Waals surface area contributed by atoms with E-state index in [1.54, 1.807) is 48.8 Å². The summed E-state index contributed by atoms with van der Waals surface area (Å²) >= 11 is 1.43. The van der Waals surface area contributed by atoms with E-state index < -0.39 is 0 Å². The van der Waals surface area contributed by atoms with E-state index >= 15 is 0 Å². The number of amides is 1. The molecule has 0 aliphatic heterocycles. The van der Waals surface area contributed by atoms with Crippen molar-refractivity contribution >= 4 is 29.0 Å². The van der Waals surface area contributed by atoms with Gasteiger partial charge in [0.1, 0.15) is 5.82 Å². The lowest BCUT2D eigenvalue weighted by atomic mass is 10.2. The highest BCUT2D eigenvalue weighted by atomic mass is 32.1. The summed E-state index contributed by atoms with van der Waals surface area (Å²) < 4.78 is 13.8. The number of hydrogen-bond acceptors (Lipinski definition) is 3. The lowest BCUT2D eigenvalue weighted by molar-refractivity contribution is -0.111. The van der Waals surface area contributed by atoms with Crippen molar-refractivity contribution in [2.75, 3.05) is 5.32 Å². The summed E-state index contributed by atoms with van der Waals surface area (Å²) in [6.07, 6.45) is 6.37. The number of benzene rings is 1. The van der Waals surface area contributed by atoms with Gasteiger partial charge in [0.15, 0.2) is 0 Å². The molecule has 23 heavy (non-hydrogen) atoms. The van der Waals surface area contributed by atoms with Crippen LogP contribution in [0.15, 0.2) is 67.0 Å². The van der Waals surface area contributed by atoms with Crippen LogP contribution in [0, 0.1) is 5.82 Å². The van der Waals surface area contributed by atoms with E-state index in [0.717, 1.165) is 9.75 Å². The Morgan fingerprint density at radius 1 is 1.13 bits per heavy atom. The van der Waals surface area contributed by atoms with Crippen molar-refractivity contribution in [2.45, 2.75) is 0 Å². The number of carbonyl (C=O) groups excluding carboxylic acids is 1. The average molecular weight is 324 g/mol. The van der Waals surface area contributed by atoms with Crippen LogP contribution in [0.25, 0.3) is 16.5 Å². The number of carbonyl (C=O) groups is 1. The van der Waals surface area contributed by atoms with E-state index in [9.17, 15) is 9.18 Å². The second-order valence-electron chi connectivity index (χ2n) is 4.75. The molecular weight excluding hydrogens is 311 g/mol. The lowest BCUT2D eigenvalue weighted by Gasteiger charge is -1.99. The monoisotopic (exact) mass is 324 g/mol. The minimum Gasteiger partial charge on any atom is -0.321 e. The third kappa shape index (κ3) is 3.90. The maximum Gasteiger partial charge on any atom is 0.248 e. The Bertz CT molecular complexity index is 843. The number of thiophene rings is 1. The van der Waals surface area contributed by atoms with E-state index in [1.807, 2.05) is 12.1 Å². The van der Waals surface area contributed by atoms with Crippen LogP contribution in [0.4, 0.5) is 10.1 Å². The van der Waals surface area contributed by atoms with Gasteiger partial charge in [0.2, 0.25) is 5.91 Å². The molecule has 0 radical (unpaired) electrons. The van der Waals surface area contributed by atoms with Crippen molar-refractivity contribution in [3.05, 3.63) is 77.7 Å². The van der Waals surface area contributed by atoms with Gasteiger partial charge in [-0.25, -0.2) is 4.39 Å². The Morgan fingerprint density at radius 2 is 2.00 bits per heavy atom. The predicted molar refractivity (Wildman–Crippen MR) is 91.6 cm³/mol. The highest BCUT2D eigenvalue weighted by molar-refractivity contribution is 7.16. The van der Waals surface area contributed by atoms with Crippen LogP contribution in [0.5, 0.6) is 0 Å². The fourth-order valence-corrected chi connectivity index (χ4v) is 2.96. The van der Waals surface area contributed by atoms with Crippen LogP contribution < -0.4 is 5.32 Å². The molecule has 1 amide bonds. The van der Waals surface area contributed by atoms with Crippen molar-refractivity contribution in [3.63, 3.8) is 0 Å². The zero-order chi connectivity index (χ0) is 16.1. The van der Waals surface area contributed by atoms with Crippen LogP contribution in [0.1, 0.15) is 4.88 Å². The number of halogens is 1. The second kappa shape index (κ2) is 6.98. The van der Waals surface area contributed by atoms with Gasteiger partial charge in [-0.1, -0.05) is 18.2 Å². The zero-order valence-electron chi connectivity index (χ0n) is 12.1. The maximum atomic E-state index is 13.8. The molecule has 3 rings (SSSR count). The number of nitrogens with one attached hydrogen (secondary N) is 1. The van der Waals surface area contributed by atoms with Gasteiger partial charge in [-0.2, -0.15) is 0 Å². The molecule has 0 bridgehead atoms. The van der Waals surface area contributed by atoms with Crippen molar-refractivity contribution in [3.8, 4) is 10.4 Å². The first-order valence-electron chi connectivity index (χ1n) is 6.96. The highest BCUT2D eigenvalue weighted by Gasteiger charge is 2.06. The third-order valence-corrected chi connectivity index (χ3v) is 4.18. The van der Waals surface area contributed by atoms with Crippen LogP contribution in [0.3, 0.4) is 0 Å². The number of anilines is 1. The molecule has 5 heteroatoms. The molecule has 0 aliphatic carbocycles. The molecule has 2 aromatic heterocycles. The average Bonchev–Trinajstić information content (AvgIpc) is 3.03. The van der Waals surface area contributed by atoms with Crippen LogP contribution >= 0.6 is 11.3 Å². The first-order valence-corrected chi connectivity index (χ1v) is 7.78. The summed E-state index contributed by atoms with van der Waals surface area (Å²) in [4.78, 5) is 17.5. The smallest absolute Gasteiger partial charge is 0.248 e. The van der Waals surface area contributed by atoms with Crippen LogP contribution in [0.2, 0.25) is 0 Å². The van der Waals surface area contributed by atoms with Crippen molar-refractivity contribution < 1.29 is 9.18 Å². The lowest BCUT2D eigenvalue weighted by Crippen LogP contribution is -2.07. The summed E-state index contributed by atoms with van der Waals surface area (Å²) in [5.41, 5.74) is 1.21. The Morgan fingerprint density at radius 3 is 2.78 bits per heavy atom. The van der Waals surface area contributed by atoms with Gasteiger partial charge in [0.25, 0.3) is 0 Å².